The van der Waals surface area contributed by atoms with Crippen LogP contribution in [0.1, 0.15) is 48.9 Å². The molecule has 0 spiro atoms. The summed E-state index contributed by atoms with van der Waals surface area (Å²) >= 11 is 0. The van der Waals surface area contributed by atoms with E-state index in [2.05, 4.69) is 18.8 Å². The van der Waals surface area contributed by atoms with E-state index in [4.69, 9.17) is 9.72 Å². The summed E-state index contributed by atoms with van der Waals surface area (Å²) in [6.45, 7) is 5.61. The quantitative estimate of drug-likeness (QED) is 0.722. The summed E-state index contributed by atoms with van der Waals surface area (Å²) in [5.41, 5.74) is 2.62. The van der Waals surface area contributed by atoms with Gasteiger partial charge in [-0.15, -0.1) is 0 Å². The first-order valence-corrected chi connectivity index (χ1v) is 9.60. The zero-order valence-electron chi connectivity index (χ0n) is 15.8. The molecule has 1 saturated heterocycles. The number of benzene rings is 2. The van der Waals surface area contributed by atoms with Gasteiger partial charge in [-0.25, -0.2) is 4.98 Å². The Labute approximate surface area is 159 Å². The summed E-state index contributed by atoms with van der Waals surface area (Å²) in [6.07, 6.45) is 1.91. The Hall–Kier alpha value is -2.82. The summed E-state index contributed by atoms with van der Waals surface area (Å²) in [5.74, 6) is 2.09. The largest absolute Gasteiger partial charge is 0.493 e. The Morgan fingerprint density at radius 1 is 1.26 bits per heavy atom. The molecule has 3 aromatic rings. The fourth-order valence-electron chi connectivity index (χ4n) is 3.57. The molecule has 2 heterocycles. The van der Waals surface area contributed by atoms with Gasteiger partial charge in [0.2, 0.25) is 0 Å². The summed E-state index contributed by atoms with van der Waals surface area (Å²) in [4.78, 5) is 23.2. The topological polar surface area (TPSA) is 58.2 Å². The SMILES string of the molecule is CC(C)COc1cccc(C(=O)N2CCC[C@H]2c2nc3ccccc3[nH]2)c1. The van der Waals surface area contributed by atoms with Gasteiger partial charge in [0.1, 0.15) is 11.6 Å². The number of ether oxygens (including phenoxy) is 1. The Morgan fingerprint density at radius 3 is 2.93 bits per heavy atom. The highest BCUT2D eigenvalue weighted by Gasteiger charge is 2.32. The first-order valence-electron chi connectivity index (χ1n) is 9.60. The average molecular weight is 363 g/mol. The molecule has 1 aliphatic heterocycles. The summed E-state index contributed by atoms with van der Waals surface area (Å²) in [5, 5.41) is 0. The highest BCUT2D eigenvalue weighted by molar-refractivity contribution is 5.95. The molecule has 1 aromatic heterocycles. The molecule has 0 aliphatic carbocycles. The van der Waals surface area contributed by atoms with Crippen molar-refractivity contribution in [3.63, 3.8) is 0 Å². The number of fused-ring (bicyclic) bond motifs is 1. The number of amides is 1. The van der Waals surface area contributed by atoms with E-state index >= 15 is 0 Å². The summed E-state index contributed by atoms with van der Waals surface area (Å²) < 4.78 is 5.78. The monoisotopic (exact) mass is 363 g/mol. The van der Waals surface area contributed by atoms with Gasteiger partial charge in [0.15, 0.2) is 0 Å². The van der Waals surface area contributed by atoms with E-state index in [9.17, 15) is 4.79 Å². The maximum absolute atomic E-state index is 13.2. The van der Waals surface area contributed by atoms with Gasteiger partial charge in [-0.05, 0) is 49.1 Å². The third kappa shape index (κ3) is 3.68. The molecule has 5 heteroatoms. The number of para-hydroxylation sites is 2. The Kier molecular flexibility index (Phi) is 4.84. The molecule has 27 heavy (non-hydrogen) atoms. The van der Waals surface area contributed by atoms with E-state index in [-0.39, 0.29) is 11.9 Å². The lowest BCUT2D eigenvalue weighted by Crippen LogP contribution is -2.31. The molecule has 2 aromatic carbocycles. The minimum atomic E-state index is -0.00913. The normalized spacial score (nSPS) is 17.0. The lowest BCUT2D eigenvalue weighted by atomic mass is 10.1. The number of carbonyl (C=O) groups is 1. The Balaban J connectivity index is 1.56. The third-order valence-corrected chi connectivity index (χ3v) is 4.90. The van der Waals surface area contributed by atoms with Gasteiger partial charge in [-0.2, -0.15) is 0 Å². The lowest BCUT2D eigenvalue weighted by molar-refractivity contribution is 0.0730. The van der Waals surface area contributed by atoms with Crippen molar-refractivity contribution in [2.45, 2.75) is 32.7 Å². The van der Waals surface area contributed by atoms with E-state index in [1.165, 1.54) is 0 Å². The molecule has 0 saturated carbocycles. The minimum absolute atomic E-state index is 0.00913. The van der Waals surface area contributed by atoms with Gasteiger partial charge in [0, 0.05) is 12.1 Å². The van der Waals surface area contributed by atoms with Crippen LogP contribution in [0.15, 0.2) is 48.5 Å². The number of nitrogens with one attached hydrogen (secondary N) is 1. The number of likely N-dealkylation sites (tertiary alicyclic amines) is 1. The summed E-state index contributed by atoms with van der Waals surface area (Å²) in [7, 11) is 0. The van der Waals surface area contributed by atoms with Crippen LogP contribution >= 0.6 is 0 Å². The molecule has 1 atom stereocenters. The van der Waals surface area contributed by atoms with E-state index in [1.807, 2.05) is 53.4 Å². The molecule has 1 amide bonds. The van der Waals surface area contributed by atoms with Crippen molar-refractivity contribution in [2.24, 2.45) is 5.92 Å². The molecule has 4 rings (SSSR count). The molecule has 1 fully saturated rings. The van der Waals surface area contributed by atoms with Crippen molar-refractivity contribution in [3.05, 3.63) is 59.9 Å². The molecular weight excluding hydrogens is 338 g/mol. The van der Waals surface area contributed by atoms with Crippen molar-refractivity contribution < 1.29 is 9.53 Å². The third-order valence-electron chi connectivity index (χ3n) is 4.90. The van der Waals surface area contributed by atoms with Crippen molar-refractivity contribution in [1.82, 2.24) is 14.9 Å². The fourth-order valence-corrected chi connectivity index (χ4v) is 3.57. The average Bonchev–Trinajstić information content (AvgIpc) is 3.32. The van der Waals surface area contributed by atoms with Crippen LogP contribution in [-0.4, -0.2) is 33.9 Å². The number of imidazole rings is 1. The van der Waals surface area contributed by atoms with Gasteiger partial charge in [-0.1, -0.05) is 32.0 Å². The number of aromatic nitrogens is 2. The highest BCUT2D eigenvalue weighted by atomic mass is 16.5. The van der Waals surface area contributed by atoms with Crippen LogP contribution in [0, 0.1) is 5.92 Å². The molecular formula is C22H25N3O2. The zero-order chi connectivity index (χ0) is 18.8. The van der Waals surface area contributed by atoms with Crippen LogP contribution in [0.3, 0.4) is 0 Å². The predicted octanol–water partition coefficient (Wildman–Crippen LogP) is 4.58. The predicted molar refractivity (Wildman–Crippen MR) is 106 cm³/mol. The van der Waals surface area contributed by atoms with Crippen molar-refractivity contribution >= 4 is 16.9 Å². The van der Waals surface area contributed by atoms with Crippen LogP contribution < -0.4 is 4.74 Å². The van der Waals surface area contributed by atoms with E-state index in [1.54, 1.807) is 0 Å². The zero-order valence-corrected chi connectivity index (χ0v) is 15.8. The molecule has 1 aliphatic rings. The number of carbonyl (C=O) groups excluding carboxylic acids is 1. The number of rotatable bonds is 5. The van der Waals surface area contributed by atoms with E-state index in [0.29, 0.717) is 18.1 Å². The van der Waals surface area contributed by atoms with Gasteiger partial charge >= 0.3 is 0 Å². The van der Waals surface area contributed by atoms with Crippen molar-refractivity contribution in [2.75, 3.05) is 13.2 Å². The second-order valence-electron chi connectivity index (χ2n) is 7.53. The van der Waals surface area contributed by atoms with Crippen LogP contribution in [0.25, 0.3) is 11.0 Å². The molecule has 0 radical (unpaired) electrons. The van der Waals surface area contributed by atoms with Crippen LogP contribution in [-0.2, 0) is 0 Å². The Bertz CT molecular complexity index is 914. The maximum Gasteiger partial charge on any atom is 0.254 e. The van der Waals surface area contributed by atoms with E-state index in [0.717, 1.165) is 42.0 Å². The van der Waals surface area contributed by atoms with Gasteiger partial charge < -0.3 is 14.6 Å². The molecule has 5 nitrogen and oxygen atoms in total. The number of hydrogen-bond donors (Lipinski definition) is 1. The van der Waals surface area contributed by atoms with Gasteiger partial charge in [0.05, 0.1) is 23.7 Å². The maximum atomic E-state index is 13.2. The molecule has 0 bridgehead atoms. The van der Waals surface area contributed by atoms with Crippen LogP contribution in [0.5, 0.6) is 5.75 Å². The van der Waals surface area contributed by atoms with E-state index < -0.39 is 0 Å². The fraction of sp³-hybridized carbons (Fsp3) is 0.364. The number of H-pyrrole nitrogens is 1. The van der Waals surface area contributed by atoms with Crippen LogP contribution in [0.4, 0.5) is 0 Å². The number of nitrogens with zero attached hydrogens (tertiary/aromatic N) is 2. The Morgan fingerprint density at radius 2 is 2.11 bits per heavy atom. The first kappa shape index (κ1) is 17.6. The minimum Gasteiger partial charge on any atom is -0.493 e. The van der Waals surface area contributed by atoms with Crippen LogP contribution in [0.2, 0.25) is 0 Å². The number of hydrogen-bond acceptors (Lipinski definition) is 3. The lowest BCUT2D eigenvalue weighted by Gasteiger charge is -2.23. The van der Waals surface area contributed by atoms with Gasteiger partial charge in [0.25, 0.3) is 5.91 Å². The second kappa shape index (κ2) is 7.43. The van der Waals surface area contributed by atoms with Crippen molar-refractivity contribution in [1.29, 1.82) is 0 Å². The second-order valence-corrected chi connectivity index (χ2v) is 7.53. The summed E-state index contributed by atoms with van der Waals surface area (Å²) in [6, 6.07) is 15.5. The van der Waals surface area contributed by atoms with Crippen molar-refractivity contribution in [3.8, 4) is 5.75 Å². The first-order chi connectivity index (χ1) is 13.1. The van der Waals surface area contributed by atoms with Gasteiger partial charge in [-0.3, -0.25) is 4.79 Å². The molecule has 1 N–H and O–H groups in total. The standard InChI is InChI=1S/C22H25N3O2/c1-15(2)14-27-17-8-5-7-16(13-17)22(26)25-12-6-11-20(25)21-23-18-9-3-4-10-19(18)24-21/h3-5,7-10,13,15,20H,6,11-12,14H2,1-2H3,(H,23,24)/t20-/m0/s1. The molecule has 140 valence electrons. The highest BCUT2D eigenvalue weighted by Crippen LogP contribution is 2.33. The smallest absolute Gasteiger partial charge is 0.254 e. The number of aromatic amines is 1. The molecule has 0 unspecified atom stereocenters.